The molecule has 2 heterocycles. The van der Waals surface area contributed by atoms with Crippen LogP contribution in [0.15, 0.2) is 22.8 Å². The van der Waals surface area contributed by atoms with Crippen molar-refractivity contribution >= 4 is 0 Å². The first kappa shape index (κ1) is 13.9. The molecule has 1 N–H and O–H groups in total. The minimum atomic E-state index is 0.315. The molecule has 1 unspecified atom stereocenters. The van der Waals surface area contributed by atoms with Crippen molar-refractivity contribution in [3.63, 3.8) is 0 Å². The number of aromatic nitrogens is 2. The van der Waals surface area contributed by atoms with Gasteiger partial charge >= 0.3 is 0 Å². The van der Waals surface area contributed by atoms with Crippen LogP contribution < -0.4 is 5.32 Å². The molecule has 2 rings (SSSR count). The van der Waals surface area contributed by atoms with Crippen LogP contribution in [0.2, 0.25) is 0 Å². The highest BCUT2D eigenvalue weighted by Crippen LogP contribution is 2.21. The van der Waals surface area contributed by atoms with Crippen molar-refractivity contribution in [2.24, 2.45) is 0 Å². The number of furan rings is 1. The predicted molar refractivity (Wildman–Crippen MR) is 76.2 cm³/mol. The fourth-order valence-electron chi connectivity index (χ4n) is 2.61. The smallest absolute Gasteiger partial charge is 0.105 e. The third kappa shape index (κ3) is 3.07. The molecule has 2 aromatic rings. The van der Waals surface area contributed by atoms with Crippen molar-refractivity contribution in [3.8, 4) is 0 Å². The Balaban J connectivity index is 1.96. The van der Waals surface area contributed by atoms with Crippen molar-refractivity contribution in [2.45, 2.75) is 46.7 Å². The quantitative estimate of drug-likeness (QED) is 0.869. The first-order chi connectivity index (χ1) is 9.13. The number of hydrogen-bond donors (Lipinski definition) is 1. The van der Waals surface area contributed by atoms with Crippen molar-refractivity contribution in [1.82, 2.24) is 15.1 Å². The van der Waals surface area contributed by atoms with Gasteiger partial charge in [-0.05, 0) is 39.8 Å². The Kier molecular flexibility index (Phi) is 4.43. The minimum absolute atomic E-state index is 0.315. The lowest BCUT2D eigenvalue weighted by Crippen LogP contribution is -2.22. The normalized spacial score (nSPS) is 12.8. The van der Waals surface area contributed by atoms with Crippen LogP contribution in [-0.2, 0) is 13.0 Å². The first-order valence-corrected chi connectivity index (χ1v) is 6.93. The Morgan fingerprint density at radius 3 is 2.79 bits per heavy atom. The zero-order chi connectivity index (χ0) is 13.8. The van der Waals surface area contributed by atoms with Crippen molar-refractivity contribution in [1.29, 1.82) is 0 Å². The summed E-state index contributed by atoms with van der Waals surface area (Å²) in [5.74, 6) is 1.03. The van der Waals surface area contributed by atoms with Gasteiger partial charge in [0.15, 0.2) is 0 Å². The number of nitrogens with zero attached hydrogens (tertiary/aromatic N) is 2. The van der Waals surface area contributed by atoms with E-state index in [4.69, 9.17) is 4.42 Å². The van der Waals surface area contributed by atoms with E-state index < -0.39 is 0 Å². The van der Waals surface area contributed by atoms with Gasteiger partial charge in [0.25, 0.3) is 0 Å². The molecular weight excluding hydrogens is 238 g/mol. The molecule has 2 aromatic heterocycles. The van der Waals surface area contributed by atoms with Crippen LogP contribution >= 0.6 is 0 Å². The lowest BCUT2D eigenvalue weighted by atomic mass is 10.1. The molecule has 1 atom stereocenters. The van der Waals surface area contributed by atoms with Gasteiger partial charge in [-0.25, -0.2) is 0 Å². The third-order valence-electron chi connectivity index (χ3n) is 3.57. The van der Waals surface area contributed by atoms with Crippen LogP contribution in [0.1, 0.15) is 42.6 Å². The van der Waals surface area contributed by atoms with Crippen LogP contribution in [0.4, 0.5) is 0 Å². The monoisotopic (exact) mass is 261 g/mol. The zero-order valence-corrected chi connectivity index (χ0v) is 12.2. The van der Waals surface area contributed by atoms with E-state index in [2.05, 4.69) is 42.8 Å². The fourth-order valence-corrected chi connectivity index (χ4v) is 2.61. The van der Waals surface area contributed by atoms with Gasteiger partial charge in [0.2, 0.25) is 0 Å². The van der Waals surface area contributed by atoms with Crippen molar-refractivity contribution in [3.05, 3.63) is 41.1 Å². The molecule has 19 heavy (non-hydrogen) atoms. The molecule has 0 aromatic carbocycles. The lowest BCUT2D eigenvalue weighted by molar-refractivity contribution is 0.485. The van der Waals surface area contributed by atoms with Gasteiger partial charge in [-0.15, -0.1) is 0 Å². The number of hydrogen-bond acceptors (Lipinski definition) is 3. The third-order valence-corrected chi connectivity index (χ3v) is 3.57. The van der Waals surface area contributed by atoms with Crippen molar-refractivity contribution < 1.29 is 4.42 Å². The van der Waals surface area contributed by atoms with E-state index in [1.807, 2.05) is 12.1 Å². The average Bonchev–Trinajstić information content (AvgIpc) is 2.97. The molecule has 104 valence electrons. The highest BCUT2D eigenvalue weighted by Gasteiger charge is 2.16. The van der Waals surface area contributed by atoms with Gasteiger partial charge in [0.1, 0.15) is 5.76 Å². The molecule has 0 saturated heterocycles. The molecule has 0 fully saturated rings. The largest absolute Gasteiger partial charge is 0.469 e. The zero-order valence-electron chi connectivity index (χ0n) is 12.2. The summed E-state index contributed by atoms with van der Waals surface area (Å²) < 4.78 is 7.40. The maximum atomic E-state index is 5.33. The van der Waals surface area contributed by atoms with E-state index in [1.165, 1.54) is 11.3 Å². The predicted octanol–water partition coefficient (Wildman–Crippen LogP) is 3.01. The summed E-state index contributed by atoms with van der Waals surface area (Å²) in [6.45, 7) is 10.4. The Morgan fingerprint density at radius 1 is 1.42 bits per heavy atom. The molecule has 0 bridgehead atoms. The van der Waals surface area contributed by atoms with Gasteiger partial charge in [-0.1, -0.05) is 0 Å². The van der Waals surface area contributed by atoms with Gasteiger partial charge in [0.05, 0.1) is 12.0 Å². The summed E-state index contributed by atoms with van der Waals surface area (Å²) in [6.07, 6.45) is 2.63. The molecule has 0 aliphatic carbocycles. The summed E-state index contributed by atoms with van der Waals surface area (Å²) >= 11 is 0. The molecular formula is C15H23N3O. The minimum Gasteiger partial charge on any atom is -0.469 e. The van der Waals surface area contributed by atoms with Crippen LogP contribution in [0.3, 0.4) is 0 Å². The summed E-state index contributed by atoms with van der Waals surface area (Å²) in [7, 11) is 0. The highest BCUT2D eigenvalue weighted by molar-refractivity contribution is 5.27. The van der Waals surface area contributed by atoms with E-state index in [9.17, 15) is 0 Å². The highest BCUT2D eigenvalue weighted by atomic mass is 16.3. The lowest BCUT2D eigenvalue weighted by Gasteiger charge is -2.14. The Hall–Kier alpha value is -1.55. The van der Waals surface area contributed by atoms with Gasteiger partial charge in [0, 0.05) is 36.8 Å². The molecule has 0 spiro atoms. The molecule has 0 aliphatic rings. The Morgan fingerprint density at radius 2 is 2.21 bits per heavy atom. The number of nitrogens with one attached hydrogen (secondary N) is 1. The molecule has 0 saturated carbocycles. The van der Waals surface area contributed by atoms with Crippen LogP contribution in [0, 0.1) is 13.8 Å². The molecule has 4 nitrogen and oxygen atoms in total. The fraction of sp³-hybridized carbons (Fsp3) is 0.533. The van der Waals surface area contributed by atoms with E-state index >= 15 is 0 Å². The maximum Gasteiger partial charge on any atom is 0.105 e. The van der Waals surface area contributed by atoms with E-state index in [1.54, 1.807) is 6.26 Å². The second-order valence-electron chi connectivity index (χ2n) is 4.91. The summed E-state index contributed by atoms with van der Waals surface area (Å²) in [5.41, 5.74) is 3.71. The van der Waals surface area contributed by atoms with Crippen molar-refractivity contribution in [2.75, 3.05) is 6.54 Å². The number of aryl methyl sites for hydroxylation is 2. The summed E-state index contributed by atoms with van der Waals surface area (Å²) in [6, 6.07) is 4.26. The van der Waals surface area contributed by atoms with Crippen LogP contribution in [0.5, 0.6) is 0 Å². The van der Waals surface area contributed by atoms with Crippen LogP contribution in [-0.4, -0.2) is 16.3 Å². The molecule has 4 heteroatoms. The Bertz CT molecular complexity index is 514. The van der Waals surface area contributed by atoms with E-state index in [0.717, 1.165) is 31.0 Å². The SMILES string of the molecule is CCn1nc(C)c(C(C)NCCc2ccco2)c1C. The molecule has 0 amide bonds. The van der Waals surface area contributed by atoms with E-state index in [0.29, 0.717) is 6.04 Å². The van der Waals surface area contributed by atoms with Gasteiger partial charge in [-0.3, -0.25) is 4.68 Å². The summed E-state index contributed by atoms with van der Waals surface area (Å²) in [4.78, 5) is 0. The first-order valence-electron chi connectivity index (χ1n) is 6.93. The van der Waals surface area contributed by atoms with Gasteiger partial charge < -0.3 is 9.73 Å². The van der Waals surface area contributed by atoms with Gasteiger partial charge in [-0.2, -0.15) is 5.10 Å². The standard InChI is InChI=1S/C15H23N3O/c1-5-18-13(4)15(12(3)17-18)11(2)16-9-8-14-7-6-10-19-14/h6-7,10-11,16H,5,8-9H2,1-4H3. The second-order valence-corrected chi connectivity index (χ2v) is 4.91. The van der Waals surface area contributed by atoms with Crippen LogP contribution in [0.25, 0.3) is 0 Å². The summed E-state index contributed by atoms with van der Waals surface area (Å²) in [5, 5.41) is 8.11. The topological polar surface area (TPSA) is 43.0 Å². The van der Waals surface area contributed by atoms with E-state index in [-0.39, 0.29) is 0 Å². The average molecular weight is 261 g/mol. The maximum absolute atomic E-state index is 5.33. The molecule has 0 aliphatic heterocycles. The molecule has 0 radical (unpaired) electrons. The Labute approximate surface area is 114 Å². The number of rotatable bonds is 6. The second kappa shape index (κ2) is 6.06.